The first-order chi connectivity index (χ1) is 18.8. The Morgan fingerprint density at radius 2 is 0.658 bits per heavy atom. The molecule has 1 heteroatoms. The van der Waals surface area contributed by atoms with Crippen LogP contribution in [0.25, 0.3) is 33.4 Å². The average Bonchev–Trinajstić information content (AvgIpc) is 2.99. The highest BCUT2D eigenvalue weighted by atomic mass is 15.1. The van der Waals surface area contributed by atoms with E-state index in [2.05, 4.69) is 170 Å². The van der Waals surface area contributed by atoms with Crippen LogP contribution in [-0.2, 0) is 0 Å². The number of aryl methyl sites for hydroxylation is 1. The molecule has 6 aromatic carbocycles. The summed E-state index contributed by atoms with van der Waals surface area (Å²) in [5.41, 5.74) is 12.1. The molecule has 0 aliphatic heterocycles. The molecule has 0 unspecified atom stereocenters. The minimum Gasteiger partial charge on any atom is -0.311 e. The van der Waals surface area contributed by atoms with E-state index in [0.29, 0.717) is 0 Å². The maximum absolute atomic E-state index is 2.29. The van der Waals surface area contributed by atoms with Gasteiger partial charge in [-0.25, -0.2) is 0 Å². The second-order valence-corrected chi connectivity index (χ2v) is 9.51. The summed E-state index contributed by atoms with van der Waals surface area (Å²) in [7, 11) is 0. The van der Waals surface area contributed by atoms with Gasteiger partial charge in [-0.05, 0) is 76.7 Å². The van der Waals surface area contributed by atoms with Crippen LogP contribution in [-0.4, -0.2) is 0 Å². The lowest BCUT2D eigenvalue weighted by Gasteiger charge is -2.25. The summed E-state index contributed by atoms with van der Waals surface area (Å²) in [5.74, 6) is 0. The lowest BCUT2D eigenvalue weighted by Crippen LogP contribution is -2.09. The van der Waals surface area contributed by atoms with Crippen molar-refractivity contribution in [3.63, 3.8) is 0 Å². The van der Waals surface area contributed by atoms with Crippen molar-refractivity contribution in [1.82, 2.24) is 0 Å². The van der Waals surface area contributed by atoms with Crippen LogP contribution >= 0.6 is 0 Å². The Labute approximate surface area is 225 Å². The van der Waals surface area contributed by atoms with Gasteiger partial charge >= 0.3 is 0 Å². The van der Waals surface area contributed by atoms with Crippen LogP contribution in [0.1, 0.15) is 5.56 Å². The molecule has 6 aromatic rings. The molecule has 0 saturated heterocycles. The Kier molecular flexibility index (Phi) is 6.57. The van der Waals surface area contributed by atoms with Gasteiger partial charge in [-0.3, -0.25) is 0 Å². The number of hydrogen-bond donors (Lipinski definition) is 0. The van der Waals surface area contributed by atoms with E-state index in [1.54, 1.807) is 0 Å². The van der Waals surface area contributed by atoms with E-state index in [4.69, 9.17) is 0 Å². The fraction of sp³-hybridized carbons (Fsp3) is 0.0270. The van der Waals surface area contributed by atoms with Crippen molar-refractivity contribution in [2.75, 3.05) is 4.90 Å². The lowest BCUT2D eigenvalue weighted by molar-refractivity contribution is 1.28. The molecule has 0 atom stereocenters. The molecule has 0 aliphatic carbocycles. The fourth-order valence-electron chi connectivity index (χ4n) is 5.06. The van der Waals surface area contributed by atoms with Crippen molar-refractivity contribution in [3.8, 4) is 33.4 Å². The second kappa shape index (κ2) is 10.6. The largest absolute Gasteiger partial charge is 0.311 e. The zero-order valence-corrected chi connectivity index (χ0v) is 21.5. The molecule has 1 nitrogen and oxygen atoms in total. The van der Waals surface area contributed by atoms with Gasteiger partial charge < -0.3 is 4.90 Å². The molecule has 0 amide bonds. The molecular formula is C37H29N. The van der Waals surface area contributed by atoms with Crippen molar-refractivity contribution in [1.29, 1.82) is 0 Å². The molecule has 182 valence electrons. The third-order valence-corrected chi connectivity index (χ3v) is 6.97. The predicted molar refractivity (Wildman–Crippen MR) is 162 cm³/mol. The van der Waals surface area contributed by atoms with Crippen molar-refractivity contribution in [2.24, 2.45) is 0 Å². The molecule has 0 aromatic heterocycles. The van der Waals surface area contributed by atoms with Crippen LogP contribution in [0.2, 0.25) is 0 Å². The third kappa shape index (κ3) is 4.75. The molecule has 0 fully saturated rings. The maximum Gasteiger partial charge on any atom is 0.0462 e. The first kappa shape index (κ1) is 23.5. The van der Waals surface area contributed by atoms with Crippen LogP contribution in [0.5, 0.6) is 0 Å². The minimum atomic E-state index is 1.13. The molecule has 0 spiro atoms. The Balaban J connectivity index is 1.42. The van der Waals surface area contributed by atoms with Gasteiger partial charge in [0.15, 0.2) is 0 Å². The van der Waals surface area contributed by atoms with Crippen molar-refractivity contribution in [3.05, 3.63) is 163 Å². The molecular weight excluding hydrogens is 458 g/mol. The number of rotatable bonds is 6. The van der Waals surface area contributed by atoms with Crippen LogP contribution in [0.3, 0.4) is 0 Å². The van der Waals surface area contributed by atoms with Crippen LogP contribution < -0.4 is 4.90 Å². The summed E-state index contributed by atoms with van der Waals surface area (Å²) in [4.78, 5) is 2.29. The molecule has 0 saturated carbocycles. The SMILES string of the molecule is Cc1ccc(-c2ccccc2-c2ccccc2-c2ccc(N(c3ccccc3)c3ccccc3)cc2)cc1. The topological polar surface area (TPSA) is 3.24 Å². The monoisotopic (exact) mass is 487 g/mol. The third-order valence-electron chi connectivity index (χ3n) is 6.97. The van der Waals surface area contributed by atoms with Crippen LogP contribution in [0.4, 0.5) is 17.1 Å². The quantitative estimate of drug-likeness (QED) is 0.226. The minimum absolute atomic E-state index is 1.13. The summed E-state index contributed by atoms with van der Waals surface area (Å²) < 4.78 is 0. The lowest BCUT2D eigenvalue weighted by atomic mass is 9.89. The normalized spacial score (nSPS) is 10.8. The number of hydrogen-bond acceptors (Lipinski definition) is 1. The van der Waals surface area contributed by atoms with E-state index in [9.17, 15) is 0 Å². The van der Waals surface area contributed by atoms with Gasteiger partial charge in [0.1, 0.15) is 0 Å². The summed E-state index contributed by atoms with van der Waals surface area (Å²) in [5, 5.41) is 0. The number of nitrogens with zero attached hydrogens (tertiary/aromatic N) is 1. The van der Waals surface area contributed by atoms with Crippen molar-refractivity contribution in [2.45, 2.75) is 6.92 Å². The molecule has 0 heterocycles. The van der Waals surface area contributed by atoms with Gasteiger partial charge in [0.2, 0.25) is 0 Å². The van der Waals surface area contributed by atoms with E-state index in [1.165, 1.54) is 38.9 Å². The number of benzene rings is 6. The van der Waals surface area contributed by atoms with E-state index >= 15 is 0 Å². The first-order valence-electron chi connectivity index (χ1n) is 13.0. The van der Waals surface area contributed by atoms with Gasteiger partial charge in [-0.2, -0.15) is 0 Å². The molecule has 0 N–H and O–H groups in total. The molecule has 0 bridgehead atoms. The molecule has 6 rings (SSSR count). The van der Waals surface area contributed by atoms with Crippen LogP contribution in [0.15, 0.2) is 158 Å². The number of para-hydroxylation sites is 2. The van der Waals surface area contributed by atoms with E-state index in [0.717, 1.165) is 17.1 Å². The zero-order chi connectivity index (χ0) is 25.7. The Morgan fingerprint density at radius 3 is 1.11 bits per heavy atom. The van der Waals surface area contributed by atoms with E-state index in [-0.39, 0.29) is 0 Å². The zero-order valence-electron chi connectivity index (χ0n) is 21.5. The molecule has 38 heavy (non-hydrogen) atoms. The van der Waals surface area contributed by atoms with E-state index in [1.807, 2.05) is 0 Å². The van der Waals surface area contributed by atoms with Gasteiger partial charge in [-0.1, -0.05) is 127 Å². The predicted octanol–water partition coefficient (Wildman–Crippen LogP) is 10.5. The Bertz CT molecular complexity index is 1590. The van der Waals surface area contributed by atoms with Crippen molar-refractivity contribution < 1.29 is 0 Å². The van der Waals surface area contributed by atoms with E-state index < -0.39 is 0 Å². The highest BCUT2D eigenvalue weighted by molar-refractivity contribution is 5.92. The van der Waals surface area contributed by atoms with Gasteiger partial charge in [0.05, 0.1) is 0 Å². The van der Waals surface area contributed by atoms with Gasteiger partial charge in [0.25, 0.3) is 0 Å². The van der Waals surface area contributed by atoms with Crippen LogP contribution in [0, 0.1) is 6.92 Å². The average molecular weight is 488 g/mol. The summed E-state index contributed by atoms with van der Waals surface area (Å²) in [6.07, 6.45) is 0. The second-order valence-electron chi connectivity index (χ2n) is 9.51. The fourth-order valence-corrected chi connectivity index (χ4v) is 5.06. The Hall–Kier alpha value is -4.88. The highest BCUT2D eigenvalue weighted by Crippen LogP contribution is 2.40. The summed E-state index contributed by atoms with van der Waals surface area (Å²) >= 11 is 0. The van der Waals surface area contributed by atoms with Crippen molar-refractivity contribution >= 4 is 17.1 Å². The molecule has 0 radical (unpaired) electrons. The summed E-state index contributed by atoms with van der Waals surface area (Å²) in [6.45, 7) is 2.13. The first-order valence-corrected chi connectivity index (χ1v) is 13.0. The highest BCUT2D eigenvalue weighted by Gasteiger charge is 2.14. The van der Waals surface area contributed by atoms with Gasteiger partial charge in [-0.15, -0.1) is 0 Å². The molecule has 0 aliphatic rings. The number of anilines is 3. The Morgan fingerprint density at radius 1 is 0.316 bits per heavy atom. The van der Waals surface area contributed by atoms with Gasteiger partial charge in [0, 0.05) is 17.1 Å². The standard InChI is InChI=1S/C37H29N/c1-28-20-22-29(23-21-28)34-16-8-10-18-36(34)37-19-11-9-17-35(37)30-24-26-33(27-25-30)38(31-12-4-2-5-13-31)32-14-6-3-7-15-32/h2-27H,1H3. The smallest absolute Gasteiger partial charge is 0.0462 e. The maximum atomic E-state index is 2.29. The summed E-state index contributed by atoms with van der Waals surface area (Å²) in [6, 6.07) is 56.2.